The Kier molecular flexibility index (Phi) is 3.76. The molecule has 2 aromatic rings. The molecule has 0 saturated carbocycles. The van der Waals surface area contributed by atoms with Gasteiger partial charge in [0.15, 0.2) is 0 Å². The van der Waals surface area contributed by atoms with Crippen LogP contribution in [-0.2, 0) is 11.2 Å². The van der Waals surface area contributed by atoms with Gasteiger partial charge in [0.25, 0.3) is 0 Å². The zero-order valence-corrected chi connectivity index (χ0v) is 11.3. The summed E-state index contributed by atoms with van der Waals surface area (Å²) in [6, 6.07) is 0. The highest BCUT2D eigenvalue weighted by Crippen LogP contribution is 2.24. The van der Waals surface area contributed by atoms with E-state index in [2.05, 4.69) is 14.7 Å². The molecule has 0 unspecified atom stereocenters. The third-order valence-electron chi connectivity index (χ3n) is 2.39. The first-order valence-corrected chi connectivity index (χ1v) is 6.54. The Balaban J connectivity index is 2.41. The largest absolute Gasteiger partial charge is 0.463 e. The average Bonchev–Trinajstić information content (AvgIpc) is 2.95. The number of rotatable bonds is 4. The second kappa shape index (κ2) is 5.30. The number of hydrogen-bond acceptors (Lipinski definition) is 6. The molecule has 0 saturated heterocycles. The molecule has 96 valence electrons. The van der Waals surface area contributed by atoms with E-state index in [4.69, 9.17) is 4.42 Å². The number of methoxy groups -OCH3 is 1. The number of hydrogen-bond donors (Lipinski definition) is 0. The molecule has 5 nitrogen and oxygen atoms in total. The lowest BCUT2D eigenvalue weighted by Crippen LogP contribution is -2.03. The highest BCUT2D eigenvalue weighted by Gasteiger charge is 2.21. The second-order valence-corrected chi connectivity index (χ2v) is 4.85. The topological polar surface area (TPSA) is 65.2 Å². The molecule has 0 aliphatic rings. The number of carbonyl (C=O) groups excluding carboxylic acids is 1. The fraction of sp³-hybridized carbons (Fsp3) is 0.417. The predicted octanol–water partition coefficient (Wildman–Crippen LogP) is 2.85. The third-order valence-corrected chi connectivity index (χ3v) is 3.17. The van der Waals surface area contributed by atoms with Crippen LogP contribution in [0.15, 0.2) is 9.80 Å². The van der Waals surface area contributed by atoms with Crippen LogP contribution in [0.2, 0.25) is 0 Å². The molecule has 0 bridgehead atoms. The molecule has 18 heavy (non-hydrogen) atoms. The first kappa shape index (κ1) is 12.8. The van der Waals surface area contributed by atoms with Gasteiger partial charge in [0.2, 0.25) is 11.7 Å². The predicted molar refractivity (Wildman–Crippen MR) is 67.7 cm³/mol. The molecule has 0 atom stereocenters. The first-order chi connectivity index (χ1) is 8.65. The number of esters is 1. The van der Waals surface area contributed by atoms with Crippen molar-refractivity contribution >= 4 is 17.3 Å². The second-order valence-electron chi connectivity index (χ2n) is 3.79. The molecule has 0 amide bonds. The van der Waals surface area contributed by atoms with E-state index in [0.717, 1.165) is 11.4 Å². The van der Waals surface area contributed by atoms with Gasteiger partial charge in [-0.3, -0.25) is 0 Å². The number of carbonyl (C=O) groups is 1. The normalized spacial score (nSPS) is 10.6. The summed E-state index contributed by atoms with van der Waals surface area (Å²) >= 11 is 1.51. The lowest BCUT2D eigenvalue weighted by Gasteiger charge is -1.95. The van der Waals surface area contributed by atoms with Gasteiger partial charge in [-0.15, -0.1) is 11.3 Å². The molecule has 0 aliphatic heterocycles. The molecule has 0 aliphatic carbocycles. The van der Waals surface area contributed by atoms with Gasteiger partial charge >= 0.3 is 5.97 Å². The summed E-state index contributed by atoms with van der Waals surface area (Å²) in [6.45, 7) is 3.92. The van der Waals surface area contributed by atoms with Crippen LogP contribution in [0.4, 0.5) is 0 Å². The zero-order chi connectivity index (χ0) is 13.1. The minimum Gasteiger partial charge on any atom is -0.463 e. The van der Waals surface area contributed by atoms with Gasteiger partial charge in [-0.25, -0.2) is 14.8 Å². The van der Waals surface area contributed by atoms with Crippen molar-refractivity contribution in [3.63, 3.8) is 0 Å². The van der Waals surface area contributed by atoms with Crippen molar-refractivity contribution in [3.05, 3.63) is 21.8 Å². The summed E-state index contributed by atoms with van der Waals surface area (Å²) < 4.78 is 10.2. The molecule has 0 fully saturated rings. The number of nitrogens with zero attached hydrogens (tertiary/aromatic N) is 2. The molecule has 0 N–H and O–H groups in total. The van der Waals surface area contributed by atoms with Gasteiger partial charge in [0.05, 0.1) is 17.8 Å². The zero-order valence-electron chi connectivity index (χ0n) is 10.5. The maximum atomic E-state index is 11.6. The van der Waals surface area contributed by atoms with Crippen LogP contribution in [0.25, 0.3) is 11.6 Å². The number of ether oxygens (including phenoxy) is 1. The van der Waals surface area contributed by atoms with E-state index in [0.29, 0.717) is 23.7 Å². The summed E-state index contributed by atoms with van der Waals surface area (Å²) in [4.78, 5) is 20.2. The van der Waals surface area contributed by atoms with Crippen molar-refractivity contribution in [2.75, 3.05) is 7.11 Å². The smallest absolute Gasteiger partial charge is 0.376 e. The highest BCUT2D eigenvalue weighted by molar-refractivity contribution is 7.09. The molecular weight excluding hydrogens is 252 g/mol. The Morgan fingerprint density at radius 3 is 2.83 bits per heavy atom. The number of aryl methyl sites for hydroxylation is 2. The van der Waals surface area contributed by atoms with Crippen molar-refractivity contribution in [3.8, 4) is 11.6 Å². The minimum atomic E-state index is -0.496. The SMILES string of the molecule is CCCc1nc(-c2csc(C)n2)oc1C(=O)OC. The highest BCUT2D eigenvalue weighted by atomic mass is 32.1. The quantitative estimate of drug-likeness (QED) is 0.796. The first-order valence-electron chi connectivity index (χ1n) is 5.66. The van der Waals surface area contributed by atoms with Gasteiger partial charge in [-0.2, -0.15) is 0 Å². The monoisotopic (exact) mass is 266 g/mol. The Morgan fingerprint density at radius 2 is 2.28 bits per heavy atom. The summed E-state index contributed by atoms with van der Waals surface area (Å²) in [7, 11) is 1.33. The van der Waals surface area contributed by atoms with Crippen LogP contribution in [-0.4, -0.2) is 23.0 Å². The summed E-state index contributed by atoms with van der Waals surface area (Å²) in [5.74, 6) is 0.0624. The maximum Gasteiger partial charge on any atom is 0.376 e. The standard InChI is InChI=1S/C12H14N2O3S/c1-4-5-8-10(12(15)16-3)17-11(14-8)9-6-18-7(2)13-9/h6H,4-5H2,1-3H3. The third kappa shape index (κ3) is 2.43. The Labute approximate surface area is 109 Å². The van der Waals surface area contributed by atoms with Crippen LogP contribution in [0.1, 0.15) is 34.6 Å². The van der Waals surface area contributed by atoms with Crippen LogP contribution in [0, 0.1) is 6.92 Å². The summed E-state index contributed by atoms with van der Waals surface area (Å²) in [5.41, 5.74) is 1.29. The molecule has 0 spiro atoms. The van der Waals surface area contributed by atoms with Crippen molar-refractivity contribution < 1.29 is 13.9 Å². The summed E-state index contributed by atoms with van der Waals surface area (Å²) in [6.07, 6.45) is 1.56. The van der Waals surface area contributed by atoms with E-state index in [9.17, 15) is 4.79 Å². The van der Waals surface area contributed by atoms with E-state index < -0.39 is 5.97 Å². The van der Waals surface area contributed by atoms with E-state index in [1.807, 2.05) is 19.2 Å². The number of aromatic nitrogens is 2. The van der Waals surface area contributed by atoms with Gasteiger partial charge in [0, 0.05) is 5.38 Å². The molecule has 2 aromatic heterocycles. The fourth-order valence-electron chi connectivity index (χ4n) is 1.58. The molecule has 0 aromatic carbocycles. The van der Waals surface area contributed by atoms with Crippen molar-refractivity contribution in [1.82, 2.24) is 9.97 Å². The van der Waals surface area contributed by atoms with Gasteiger partial charge in [-0.05, 0) is 13.3 Å². The van der Waals surface area contributed by atoms with Crippen molar-refractivity contribution in [1.29, 1.82) is 0 Å². The Morgan fingerprint density at radius 1 is 1.50 bits per heavy atom. The number of oxazole rings is 1. The molecule has 6 heteroatoms. The molecular formula is C12H14N2O3S. The van der Waals surface area contributed by atoms with Crippen LogP contribution >= 0.6 is 11.3 Å². The Hall–Kier alpha value is -1.69. The van der Waals surface area contributed by atoms with Gasteiger partial charge in [0.1, 0.15) is 5.69 Å². The van der Waals surface area contributed by atoms with E-state index in [1.165, 1.54) is 18.4 Å². The van der Waals surface area contributed by atoms with E-state index in [-0.39, 0.29) is 5.76 Å². The van der Waals surface area contributed by atoms with Crippen LogP contribution in [0.3, 0.4) is 0 Å². The average molecular weight is 266 g/mol. The van der Waals surface area contributed by atoms with Crippen molar-refractivity contribution in [2.24, 2.45) is 0 Å². The lowest BCUT2D eigenvalue weighted by atomic mass is 10.2. The fourth-order valence-corrected chi connectivity index (χ4v) is 2.17. The van der Waals surface area contributed by atoms with E-state index >= 15 is 0 Å². The van der Waals surface area contributed by atoms with Crippen molar-refractivity contribution in [2.45, 2.75) is 26.7 Å². The molecule has 2 rings (SSSR count). The van der Waals surface area contributed by atoms with Gasteiger partial charge < -0.3 is 9.15 Å². The summed E-state index contributed by atoms with van der Waals surface area (Å²) in [5, 5.41) is 2.79. The maximum absolute atomic E-state index is 11.6. The Bertz CT molecular complexity index is 559. The molecule has 2 heterocycles. The molecule has 0 radical (unpaired) electrons. The van der Waals surface area contributed by atoms with E-state index in [1.54, 1.807) is 0 Å². The van der Waals surface area contributed by atoms with Crippen LogP contribution < -0.4 is 0 Å². The lowest BCUT2D eigenvalue weighted by molar-refractivity contribution is 0.0564. The van der Waals surface area contributed by atoms with Crippen LogP contribution in [0.5, 0.6) is 0 Å². The number of thiazole rings is 1. The van der Waals surface area contributed by atoms with Gasteiger partial charge in [-0.1, -0.05) is 13.3 Å². The minimum absolute atomic E-state index is 0.181.